The predicted octanol–water partition coefficient (Wildman–Crippen LogP) is 2.75. The maximum atomic E-state index is 12.2. The molecule has 1 saturated heterocycles. The number of benzene rings is 1. The quantitative estimate of drug-likeness (QED) is 0.857. The van der Waals surface area contributed by atoms with Gasteiger partial charge < -0.3 is 10.1 Å². The molecule has 1 aromatic carbocycles. The largest absolute Gasteiger partial charge is 0.435 e. The van der Waals surface area contributed by atoms with Crippen molar-refractivity contribution in [2.24, 2.45) is 0 Å². The van der Waals surface area contributed by atoms with Gasteiger partial charge in [0.05, 0.1) is 0 Å². The molecule has 0 radical (unpaired) electrons. The number of nitrogens with one attached hydrogen (secondary N) is 1. The molecule has 1 aromatic rings. The van der Waals surface area contributed by atoms with Gasteiger partial charge in [-0.3, -0.25) is 0 Å². The van der Waals surface area contributed by atoms with E-state index in [1.54, 1.807) is 12.1 Å². The molecule has 16 heavy (non-hydrogen) atoms. The van der Waals surface area contributed by atoms with E-state index in [0.717, 1.165) is 31.5 Å². The summed E-state index contributed by atoms with van der Waals surface area (Å²) in [6, 6.07) is 7.09. The third-order valence-electron chi connectivity index (χ3n) is 2.91. The number of rotatable bonds is 3. The highest BCUT2D eigenvalue weighted by molar-refractivity contribution is 5.36. The Morgan fingerprint density at radius 2 is 1.88 bits per heavy atom. The van der Waals surface area contributed by atoms with Crippen molar-refractivity contribution < 1.29 is 13.5 Å². The van der Waals surface area contributed by atoms with Crippen molar-refractivity contribution in [2.75, 3.05) is 13.1 Å². The Labute approximate surface area is 93.6 Å². The molecule has 2 rings (SSSR count). The molecule has 0 aliphatic carbocycles. The maximum absolute atomic E-state index is 12.2. The van der Waals surface area contributed by atoms with Gasteiger partial charge in [-0.2, -0.15) is 8.78 Å². The highest BCUT2D eigenvalue weighted by Gasteiger charge is 2.19. The molecule has 1 aliphatic heterocycles. The Bertz CT molecular complexity index is 338. The number of halogens is 2. The minimum Gasteiger partial charge on any atom is -0.435 e. The maximum Gasteiger partial charge on any atom is 0.387 e. The van der Waals surface area contributed by atoms with Crippen LogP contribution in [0.3, 0.4) is 0 Å². The first-order valence-corrected chi connectivity index (χ1v) is 5.52. The van der Waals surface area contributed by atoms with Crippen LogP contribution in [0.4, 0.5) is 8.78 Å². The lowest BCUT2D eigenvalue weighted by Crippen LogP contribution is -2.27. The number of para-hydroxylation sites is 1. The monoisotopic (exact) mass is 227 g/mol. The van der Waals surface area contributed by atoms with Crippen LogP contribution in [0.15, 0.2) is 24.3 Å². The molecule has 1 N–H and O–H groups in total. The lowest BCUT2D eigenvalue weighted by molar-refractivity contribution is -0.0507. The zero-order valence-corrected chi connectivity index (χ0v) is 8.96. The molecule has 1 heterocycles. The fourth-order valence-electron chi connectivity index (χ4n) is 2.15. The number of hydrogen-bond acceptors (Lipinski definition) is 2. The second-order valence-electron chi connectivity index (χ2n) is 3.94. The summed E-state index contributed by atoms with van der Waals surface area (Å²) in [6.07, 6.45) is 1.95. The van der Waals surface area contributed by atoms with E-state index in [0.29, 0.717) is 11.7 Å². The minimum absolute atomic E-state index is 0.324. The van der Waals surface area contributed by atoms with Crippen LogP contribution >= 0.6 is 0 Å². The SMILES string of the molecule is FC(F)Oc1ccccc1C1CCNCC1. The molecule has 0 atom stereocenters. The average Bonchev–Trinajstić information content (AvgIpc) is 2.30. The van der Waals surface area contributed by atoms with E-state index in [4.69, 9.17) is 0 Å². The van der Waals surface area contributed by atoms with Crippen molar-refractivity contribution in [2.45, 2.75) is 25.4 Å². The van der Waals surface area contributed by atoms with Gasteiger partial charge in [0.1, 0.15) is 5.75 Å². The second kappa shape index (κ2) is 5.25. The summed E-state index contributed by atoms with van der Waals surface area (Å²) in [6.45, 7) is -0.871. The van der Waals surface area contributed by atoms with E-state index in [9.17, 15) is 8.78 Å². The zero-order valence-electron chi connectivity index (χ0n) is 8.96. The molecule has 0 bridgehead atoms. The molecule has 0 spiro atoms. The Balaban J connectivity index is 2.17. The van der Waals surface area contributed by atoms with Crippen LogP contribution < -0.4 is 10.1 Å². The van der Waals surface area contributed by atoms with Gasteiger partial charge in [-0.25, -0.2) is 0 Å². The second-order valence-corrected chi connectivity index (χ2v) is 3.94. The van der Waals surface area contributed by atoms with Gasteiger partial charge in [-0.05, 0) is 43.5 Å². The smallest absolute Gasteiger partial charge is 0.387 e. The molecule has 88 valence electrons. The predicted molar refractivity (Wildman–Crippen MR) is 57.9 cm³/mol. The van der Waals surface area contributed by atoms with E-state index in [-0.39, 0.29) is 0 Å². The lowest BCUT2D eigenvalue weighted by atomic mass is 9.90. The number of alkyl halides is 2. The van der Waals surface area contributed by atoms with E-state index in [1.165, 1.54) is 0 Å². The van der Waals surface area contributed by atoms with Gasteiger partial charge in [0, 0.05) is 0 Å². The van der Waals surface area contributed by atoms with E-state index in [2.05, 4.69) is 10.1 Å². The Kier molecular flexibility index (Phi) is 3.72. The van der Waals surface area contributed by atoms with Crippen LogP contribution in [-0.2, 0) is 0 Å². The normalized spacial score (nSPS) is 17.7. The first-order chi connectivity index (χ1) is 7.77. The minimum atomic E-state index is -2.75. The lowest BCUT2D eigenvalue weighted by Gasteiger charge is -2.24. The molecule has 2 nitrogen and oxygen atoms in total. The third kappa shape index (κ3) is 2.70. The molecule has 0 aromatic heterocycles. The molecule has 4 heteroatoms. The fourth-order valence-corrected chi connectivity index (χ4v) is 2.15. The zero-order chi connectivity index (χ0) is 11.4. The molecule has 0 saturated carbocycles. The van der Waals surface area contributed by atoms with E-state index in [1.807, 2.05) is 12.1 Å². The van der Waals surface area contributed by atoms with Gasteiger partial charge in [0.2, 0.25) is 0 Å². The van der Waals surface area contributed by atoms with Crippen molar-refractivity contribution >= 4 is 0 Å². The fraction of sp³-hybridized carbons (Fsp3) is 0.500. The molecular weight excluding hydrogens is 212 g/mol. The number of hydrogen-bond donors (Lipinski definition) is 1. The molecule has 0 amide bonds. The summed E-state index contributed by atoms with van der Waals surface area (Å²) < 4.78 is 29.0. The van der Waals surface area contributed by atoms with Crippen molar-refractivity contribution in [3.05, 3.63) is 29.8 Å². The van der Waals surface area contributed by atoms with Gasteiger partial charge in [-0.1, -0.05) is 18.2 Å². The summed E-state index contributed by atoms with van der Waals surface area (Å²) in [5.74, 6) is 0.653. The van der Waals surface area contributed by atoms with Gasteiger partial charge in [-0.15, -0.1) is 0 Å². The molecule has 0 unspecified atom stereocenters. The van der Waals surface area contributed by atoms with Crippen molar-refractivity contribution in [1.29, 1.82) is 0 Å². The number of piperidine rings is 1. The van der Waals surface area contributed by atoms with Gasteiger partial charge >= 0.3 is 6.61 Å². The standard InChI is InChI=1S/C12H15F2NO/c13-12(14)16-11-4-2-1-3-10(11)9-5-7-15-8-6-9/h1-4,9,12,15H,5-8H2. The summed E-state index contributed by atoms with van der Waals surface area (Å²) in [7, 11) is 0. The summed E-state index contributed by atoms with van der Waals surface area (Å²) in [5, 5.41) is 3.26. The van der Waals surface area contributed by atoms with Crippen LogP contribution in [0.2, 0.25) is 0 Å². The van der Waals surface area contributed by atoms with Gasteiger partial charge in [0.15, 0.2) is 0 Å². The highest BCUT2D eigenvalue weighted by Crippen LogP contribution is 2.33. The van der Waals surface area contributed by atoms with Crippen molar-refractivity contribution in [3.63, 3.8) is 0 Å². The summed E-state index contributed by atoms with van der Waals surface area (Å²) in [5.41, 5.74) is 0.907. The Morgan fingerprint density at radius 1 is 1.19 bits per heavy atom. The average molecular weight is 227 g/mol. The Morgan fingerprint density at radius 3 is 2.56 bits per heavy atom. The third-order valence-corrected chi connectivity index (χ3v) is 2.91. The highest BCUT2D eigenvalue weighted by atomic mass is 19.3. The molecular formula is C12H15F2NO. The van der Waals surface area contributed by atoms with Crippen LogP contribution in [0.25, 0.3) is 0 Å². The first-order valence-electron chi connectivity index (χ1n) is 5.52. The van der Waals surface area contributed by atoms with Crippen LogP contribution in [0.1, 0.15) is 24.3 Å². The van der Waals surface area contributed by atoms with Crippen LogP contribution in [-0.4, -0.2) is 19.7 Å². The van der Waals surface area contributed by atoms with E-state index >= 15 is 0 Å². The van der Waals surface area contributed by atoms with Crippen molar-refractivity contribution in [3.8, 4) is 5.75 Å². The van der Waals surface area contributed by atoms with Gasteiger partial charge in [0.25, 0.3) is 0 Å². The first kappa shape index (κ1) is 11.3. The topological polar surface area (TPSA) is 21.3 Å². The number of ether oxygens (including phenoxy) is 1. The molecule has 1 fully saturated rings. The van der Waals surface area contributed by atoms with Crippen molar-refractivity contribution in [1.82, 2.24) is 5.32 Å². The molecule has 1 aliphatic rings. The summed E-state index contributed by atoms with van der Waals surface area (Å²) in [4.78, 5) is 0. The summed E-state index contributed by atoms with van der Waals surface area (Å²) >= 11 is 0. The Hall–Kier alpha value is -1.16. The van der Waals surface area contributed by atoms with Crippen LogP contribution in [0, 0.1) is 0 Å². The van der Waals surface area contributed by atoms with Crippen LogP contribution in [0.5, 0.6) is 5.75 Å². The van der Waals surface area contributed by atoms with E-state index < -0.39 is 6.61 Å².